The Bertz CT molecular complexity index is 801. The molecule has 1 aliphatic heterocycles. The van der Waals surface area contributed by atoms with Gasteiger partial charge in [-0.25, -0.2) is 13.4 Å². The van der Waals surface area contributed by atoms with Gasteiger partial charge < -0.3 is 5.32 Å². The number of nitrogens with zero attached hydrogens (tertiary/aromatic N) is 2. The summed E-state index contributed by atoms with van der Waals surface area (Å²) in [4.78, 5) is 16.7. The molecule has 1 N–H and O–H groups in total. The minimum atomic E-state index is -3.38. The van der Waals surface area contributed by atoms with Crippen molar-refractivity contribution in [3.05, 3.63) is 23.7 Å². The first-order chi connectivity index (χ1) is 10.4. The molecule has 1 aromatic heterocycles. The number of thiazole rings is 1. The molecule has 0 aliphatic carbocycles. The number of nitrogens with one attached hydrogen (secondary N) is 1. The number of sulfonamides is 1. The van der Waals surface area contributed by atoms with Crippen LogP contribution >= 0.6 is 11.3 Å². The predicted molar refractivity (Wildman–Crippen MR) is 87.4 cm³/mol. The zero-order valence-electron chi connectivity index (χ0n) is 12.2. The lowest BCUT2D eigenvalue weighted by molar-refractivity contribution is -0.120. The van der Waals surface area contributed by atoms with Crippen LogP contribution in [-0.2, 0) is 14.8 Å². The third-order valence-corrected chi connectivity index (χ3v) is 5.88. The van der Waals surface area contributed by atoms with E-state index in [1.165, 1.54) is 15.6 Å². The van der Waals surface area contributed by atoms with Crippen LogP contribution < -0.4 is 5.32 Å². The van der Waals surface area contributed by atoms with E-state index in [0.29, 0.717) is 18.7 Å². The van der Waals surface area contributed by atoms with E-state index in [-0.39, 0.29) is 5.91 Å². The zero-order valence-corrected chi connectivity index (χ0v) is 13.8. The van der Waals surface area contributed by atoms with E-state index >= 15 is 0 Å². The summed E-state index contributed by atoms with van der Waals surface area (Å²) < 4.78 is 26.0. The van der Waals surface area contributed by atoms with E-state index in [1.807, 2.05) is 12.1 Å². The fourth-order valence-corrected chi connectivity index (χ4v) is 4.51. The summed E-state index contributed by atoms with van der Waals surface area (Å²) in [5.41, 5.74) is 3.22. The Morgan fingerprint density at radius 2 is 2.23 bits per heavy atom. The Balaban J connectivity index is 1.80. The molecular weight excluding hydrogens is 322 g/mol. The summed E-state index contributed by atoms with van der Waals surface area (Å²) >= 11 is 1.54. The van der Waals surface area contributed by atoms with Gasteiger partial charge in [-0.3, -0.25) is 4.79 Å². The van der Waals surface area contributed by atoms with Gasteiger partial charge >= 0.3 is 0 Å². The van der Waals surface area contributed by atoms with Crippen molar-refractivity contribution < 1.29 is 13.2 Å². The van der Waals surface area contributed by atoms with Gasteiger partial charge in [0.15, 0.2) is 0 Å². The van der Waals surface area contributed by atoms with Gasteiger partial charge in [-0.15, -0.1) is 11.3 Å². The molecule has 0 spiro atoms. The largest absolute Gasteiger partial charge is 0.325 e. The number of rotatable bonds is 3. The fraction of sp³-hybridized carbons (Fsp3) is 0.429. The molecule has 0 bridgehead atoms. The molecule has 2 aromatic rings. The van der Waals surface area contributed by atoms with Gasteiger partial charge in [0.05, 0.1) is 22.0 Å². The summed E-state index contributed by atoms with van der Waals surface area (Å²) in [7, 11) is -3.38. The molecule has 1 aliphatic rings. The van der Waals surface area contributed by atoms with Crippen LogP contribution in [0.3, 0.4) is 0 Å². The molecule has 1 atom stereocenters. The maximum Gasteiger partial charge on any atom is 0.242 e. The monoisotopic (exact) mass is 339 g/mol. The number of aromatic nitrogens is 1. The lowest BCUT2D eigenvalue weighted by atomic mass is 10.0. The molecule has 1 aromatic carbocycles. The number of carbonyl (C=O) groups excluding carboxylic acids is 1. The lowest BCUT2D eigenvalue weighted by Gasteiger charge is -2.32. The second-order valence-electron chi connectivity index (χ2n) is 5.41. The molecule has 8 heteroatoms. The molecule has 6 nitrogen and oxygen atoms in total. The Morgan fingerprint density at radius 3 is 3.00 bits per heavy atom. The molecule has 1 unspecified atom stereocenters. The first-order valence-electron chi connectivity index (χ1n) is 7.06. The van der Waals surface area contributed by atoms with Crippen LogP contribution in [0.15, 0.2) is 23.7 Å². The van der Waals surface area contributed by atoms with Crippen LogP contribution in [0, 0.1) is 0 Å². The average Bonchev–Trinajstić information content (AvgIpc) is 2.94. The van der Waals surface area contributed by atoms with Crippen molar-refractivity contribution in [2.75, 3.05) is 18.1 Å². The maximum atomic E-state index is 12.5. The maximum absolute atomic E-state index is 12.5. The zero-order chi connectivity index (χ0) is 15.7. The van der Waals surface area contributed by atoms with Crippen molar-refractivity contribution >= 4 is 43.2 Å². The van der Waals surface area contributed by atoms with Crippen molar-refractivity contribution in [3.63, 3.8) is 0 Å². The molecule has 0 saturated carbocycles. The Hall–Kier alpha value is -1.51. The topological polar surface area (TPSA) is 79.4 Å². The Morgan fingerprint density at radius 1 is 1.41 bits per heavy atom. The number of anilines is 1. The van der Waals surface area contributed by atoms with E-state index in [9.17, 15) is 13.2 Å². The van der Waals surface area contributed by atoms with Crippen LogP contribution in [-0.4, -0.2) is 42.5 Å². The van der Waals surface area contributed by atoms with Gasteiger partial charge in [-0.2, -0.15) is 4.31 Å². The standard InChI is InChI=1S/C14H17N3O3S2/c1-22(19,20)17-7-3-2-4-12(17)14(18)16-10-5-6-13-11(8-10)15-9-21-13/h5-6,8-9,12H,2-4,7H2,1H3,(H,16,18). The van der Waals surface area contributed by atoms with Crippen LogP contribution in [0.2, 0.25) is 0 Å². The van der Waals surface area contributed by atoms with Crippen molar-refractivity contribution in [3.8, 4) is 0 Å². The Kier molecular flexibility index (Phi) is 4.16. The van der Waals surface area contributed by atoms with Gasteiger partial charge in [0.1, 0.15) is 6.04 Å². The second kappa shape index (κ2) is 5.94. The number of carbonyl (C=O) groups is 1. The highest BCUT2D eigenvalue weighted by atomic mass is 32.2. The second-order valence-corrected chi connectivity index (χ2v) is 8.23. The Labute approximate surface area is 133 Å². The first kappa shape index (κ1) is 15.4. The van der Waals surface area contributed by atoms with Crippen LogP contribution in [0.5, 0.6) is 0 Å². The molecule has 22 heavy (non-hydrogen) atoms. The number of piperidine rings is 1. The molecule has 118 valence electrons. The van der Waals surface area contributed by atoms with Gasteiger partial charge in [0.2, 0.25) is 15.9 Å². The van der Waals surface area contributed by atoms with Crippen molar-refractivity contribution in [1.82, 2.24) is 9.29 Å². The van der Waals surface area contributed by atoms with Crippen LogP contribution in [0.4, 0.5) is 5.69 Å². The highest BCUT2D eigenvalue weighted by Crippen LogP contribution is 2.24. The van der Waals surface area contributed by atoms with Crippen molar-refractivity contribution in [2.24, 2.45) is 0 Å². The average molecular weight is 339 g/mol. The molecule has 3 rings (SSSR count). The van der Waals surface area contributed by atoms with Gasteiger partial charge in [-0.1, -0.05) is 6.42 Å². The summed E-state index contributed by atoms with van der Waals surface area (Å²) in [6, 6.07) is 4.89. The number of fused-ring (bicyclic) bond motifs is 1. The number of amides is 1. The molecule has 0 radical (unpaired) electrons. The first-order valence-corrected chi connectivity index (χ1v) is 9.79. The summed E-state index contributed by atoms with van der Waals surface area (Å²) in [6.07, 6.45) is 3.36. The lowest BCUT2D eigenvalue weighted by Crippen LogP contribution is -2.49. The molecule has 2 heterocycles. The van der Waals surface area contributed by atoms with Gasteiger partial charge in [-0.05, 0) is 31.0 Å². The third-order valence-electron chi connectivity index (χ3n) is 3.78. The summed E-state index contributed by atoms with van der Waals surface area (Å²) in [6.45, 7) is 0.405. The quantitative estimate of drug-likeness (QED) is 0.928. The van der Waals surface area contributed by atoms with E-state index in [1.54, 1.807) is 11.6 Å². The predicted octanol–water partition coefficient (Wildman–Crippen LogP) is 2.05. The van der Waals surface area contributed by atoms with E-state index in [4.69, 9.17) is 0 Å². The highest BCUT2D eigenvalue weighted by Gasteiger charge is 2.34. The normalized spacial score (nSPS) is 20.1. The number of hydrogen-bond donors (Lipinski definition) is 1. The summed E-state index contributed by atoms with van der Waals surface area (Å²) in [5, 5.41) is 2.82. The fourth-order valence-electron chi connectivity index (χ4n) is 2.73. The minimum Gasteiger partial charge on any atom is -0.325 e. The molecular formula is C14H17N3O3S2. The smallest absolute Gasteiger partial charge is 0.242 e. The molecule has 1 saturated heterocycles. The van der Waals surface area contributed by atoms with Crippen LogP contribution in [0.1, 0.15) is 19.3 Å². The SMILES string of the molecule is CS(=O)(=O)N1CCCCC1C(=O)Nc1ccc2scnc2c1. The van der Waals surface area contributed by atoms with Crippen molar-refractivity contribution in [2.45, 2.75) is 25.3 Å². The van der Waals surface area contributed by atoms with Gasteiger partial charge in [0, 0.05) is 12.2 Å². The van der Waals surface area contributed by atoms with E-state index in [0.717, 1.165) is 29.3 Å². The van der Waals surface area contributed by atoms with Gasteiger partial charge in [0.25, 0.3) is 0 Å². The van der Waals surface area contributed by atoms with Crippen LogP contribution in [0.25, 0.3) is 10.2 Å². The van der Waals surface area contributed by atoms with E-state index < -0.39 is 16.1 Å². The number of benzene rings is 1. The molecule has 1 fully saturated rings. The van der Waals surface area contributed by atoms with E-state index in [2.05, 4.69) is 10.3 Å². The number of hydrogen-bond acceptors (Lipinski definition) is 5. The third kappa shape index (κ3) is 3.13. The minimum absolute atomic E-state index is 0.278. The highest BCUT2D eigenvalue weighted by molar-refractivity contribution is 7.88. The van der Waals surface area contributed by atoms with Crippen molar-refractivity contribution in [1.29, 1.82) is 0 Å². The summed E-state index contributed by atoms with van der Waals surface area (Å²) in [5.74, 6) is -0.278. The molecule has 1 amide bonds.